The fourth-order valence-electron chi connectivity index (χ4n) is 1.45. The second kappa shape index (κ2) is 6.58. The minimum absolute atomic E-state index is 0.0147. The van der Waals surface area contributed by atoms with Crippen molar-refractivity contribution in [3.8, 4) is 0 Å². The van der Waals surface area contributed by atoms with Gasteiger partial charge >= 0.3 is 16.4 Å². The van der Waals surface area contributed by atoms with Crippen LogP contribution in [0.15, 0.2) is 18.2 Å². The summed E-state index contributed by atoms with van der Waals surface area (Å²) in [6.45, 7) is -0.242. The Morgan fingerprint density at radius 1 is 1.33 bits per heavy atom. The zero-order valence-electron chi connectivity index (χ0n) is 11.0. The second-order valence-corrected chi connectivity index (χ2v) is 5.98. The molecular formula is C11H14F4N2O3S. The number of hydrogen-bond donors (Lipinski definition) is 2. The van der Waals surface area contributed by atoms with Gasteiger partial charge in [-0.05, 0) is 24.6 Å². The van der Waals surface area contributed by atoms with Crippen molar-refractivity contribution in [1.29, 1.82) is 0 Å². The molecule has 1 aromatic rings. The molecule has 1 aromatic carbocycles. The maximum Gasteiger partial charge on any atom is 0.419 e. The molecule has 0 amide bonds. The average Bonchev–Trinajstić information content (AvgIpc) is 2.36. The molecular weight excluding hydrogens is 316 g/mol. The van der Waals surface area contributed by atoms with Crippen LogP contribution in [0, 0.1) is 5.82 Å². The van der Waals surface area contributed by atoms with Gasteiger partial charge in [-0.1, -0.05) is 0 Å². The van der Waals surface area contributed by atoms with Crippen LogP contribution in [0.1, 0.15) is 12.0 Å². The van der Waals surface area contributed by atoms with Crippen LogP contribution in [-0.4, -0.2) is 38.0 Å². The molecule has 21 heavy (non-hydrogen) atoms. The van der Waals surface area contributed by atoms with Crippen molar-refractivity contribution in [3.63, 3.8) is 0 Å². The molecule has 0 saturated heterocycles. The van der Waals surface area contributed by atoms with E-state index in [1.807, 2.05) is 4.72 Å². The number of benzene rings is 1. The summed E-state index contributed by atoms with van der Waals surface area (Å²) in [4.78, 5) is 0. The van der Waals surface area contributed by atoms with Crippen LogP contribution in [-0.2, 0) is 16.4 Å². The number of rotatable bonds is 6. The fourth-order valence-corrected chi connectivity index (χ4v) is 2.40. The van der Waals surface area contributed by atoms with Crippen LogP contribution in [0.3, 0.4) is 0 Å². The average molecular weight is 330 g/mol. The molecule has 0 bridgehead atoms. The number of aliphatic hydroxyl groups excluding tert-OH is 1. The lowest BCUT2D eigenvalue weighted by Crippen LogP contribution is -2.33. The number of anilines is 1. The van der Waals surface area contributed by atoms with E-state index in [4.69, 9.17) is 5.11 Å². The standard InChI is InChI=1S/C11H14F4N2O3S/c1-17(5-2-6-18)21(19,20)16-8-3-4-10(12)9(7-8)11(13,14)15/h3-4,7,16,18H,2,5-6H2,1H3. The fraction of sp³-hybridized carbons (Fsp3) is 0.455. The highest BCUT2D eigenvalue weighted by Crippen LogP contribution is 2.33. The van der Waals surface area contributed by atoms with Crippen molar-refractivity contribution >= 4 is 15.9 Å². The minimum Gasteiger partial charge on any atom is -0.396 e. The third-order valence-corrected chi connectivity index (χ3v) is 4.06. The van der Waals surface area contributed by atoms with Gasteiger partial charge in [0, 0.05) is 20.2 Å². The van der Waals surface area contributed by atoms with Crippen LogP contribution in [0.25, 0.3) is 0 Å². The Morgan fingerprint density at radius 2 is 1.95 bits per heavy atom. The summed E-state index contributed by atoms with van der Waals surface area (Å²) >= 11 is 0. The largest absolute Gasteiger partial charge is 0.419 e. The maximum atomic E-state index is 13.1. The van der Waals surface area contributed by atoms with Crippen molar-refractivity contribution in [1.82, 2.24) is 4.31 Å². The van der Waals surface area contributed by atoms with Crippen molar-refractivity contribution in [3.05, 3.63) is 29.6 Å². The Bertz CT molecular complexity index is 590. The number of halogens is 4. The summed E-state index contributed by atoms with van der Waals surface area (Å²) in [6, 6.07) is 1.81. The molecule has 0 fully saturated rings. The minimum atomic E-state index is -4.92. The van der Waals surface area contributed by atoms with Gasteiger partial charge in [0.25, 0.3) is 0 Å². The first kappa shape index (κ1) is 17.7. The number of hydrogen-bond acceptors (Lipinski definition) is 3. The number of nitrogens with zero attached hydrogens (tertiary/aromatic N) is 1. The van der Waals surface area contributed by atoms with E-state index in [9.17, 15) is 26.0 Å². The smallest absolute Gasteiger partial charge is 0.396 e. The lowest BCUT2D eigenvalue weighted by atomic mass is 10.2. The van der Waals surface area contributed by atoms with Gasteiger partial charge in [-0.2, -0.15) is 25.9 Å². The van der Waals surface area contributed by atoms with Crippen LogP contribution in [0.5, 0.6) is 0 Å². The van der Waals surface area contributed by atoms with Crippen molar-refractivity contribution in [2.75, 3.05) is 24.9 Å². The monoisotopic (exact) mass is 330 g/mol. The Hall–Kier alpha value is -1.39. The van der Waals surface area contributed by atoms with Gasteiger partial charge in [0.05, 0.1) is 11.3 Å². The van der Waals surface area contributed by atoms with E-state index in [2.05, 4.69) is 0 Å². The predicted octanol–water partition coefficient (Wildman–Crippen LogP) is 1.82. The summed E-state index contributed by atoms with van der Waals surface area (Å²) in [6.07, 6.45) is -4.75. The van der Waals surface area contributed by atoms with Gasteiger partial charge in [0.1, 0.15) is 5.82 Å². The first-order valence-electron chi connectivity index (χ1n) is 5.79. The highest BCUT2D eigenvalue weighted by Gasteiger charge is 2.34. The highest BCUT2D eigenvalue weighted by atomic mass is 32.2. The first-order valence-corrected chi connectivity index (χ1v) is 7.23. The zero-order valence-corrected chi connectivity index (χ0v) is 11.8. The van der Waals surface area contributed by atoms with Gasteiger partial charge in [-0.25, -0.2) is 4.39 Å². The van der Waals surface area contributed by atoms with Gasteiger partial charge in [-0.15, -0.1) is 0 Å². The lowest BCUT2D eigenvalue weighted by Gasteiger charge is -2.18. The van der Waals surface area contributed by atoms with E-state index in [1.165, 1.54) is 7.05 Å². The molecule has 0 aliphatic heterocycles. The molecule has 5 nitrogen and oxygen atoms in total. The molecule has 2 N–H and O–H groups in total. The molecule has 0 aliphatic carbocycles. The zero-order chi connectivity index (χ0) is 16.3. The molecule has 0 atom stereocenters. The van der Waals surface area contributed by atoms with Crippen LogP contribution < -0.4 is 4.72 Å². The number of alkyl halides is 3. The Balaban J connectivity index is 2.98. The second-order valence-electron chi connectivity index (χ2n) is 4.20. The van der Waals surface area contributed by atoms with E-state index >= 15 is 0 Å². The summed E-state index contributed by atoms with van der Waals surface area (Å²) in [5.41, 5.74) is -1.96. The van der Waals surface area contributed by atoms with Crippen LogP contribution >= 0.6 is 0 Å². The highest BCUT2D eigenvalue weighted by molar-refractivity contribution is 7.90. The van der Waals surface area contributed by atoms with Gasteiger partial charge in [0.2, 0.25) is 0 Å². The van der Waals surface area contributed by atoms with E-state index in [1.54, 1.807) is 0 Å². The molecule has 0 saturated carbocycles. The quantitative estimate of drug-likeness (QED) is 0.782. The summed E-state index contributed by atoms with van der Waals surface area (Å²) in [7, 11) is -2.88. The Morgan fingerprint density at radius 3 is 2.48 bits per heavy atom. The topological polar surface area (TPSA) is 69.6 Å². The third-order valence-electron chi connectivity index (χ3n) is 2.56. The van der Waals surface area contributed by atoms with E-state index in [0.717, 1.165) is 10.4 Å². The normalized spacial score (nSPS) is 12.7. The van der Waals surface area contributed by atoms with Crippen LogP contribution in [0.2, 0.25) is 0 Å². The molecule has 0 aliphatic rings. The summed E-state index contributed by atoms with van der Waals surface area (Å²) < 4.78 is 77.1. The molecule has 0 unspecified atom stereocenters. The van der Waals surface area contributed by atoms with E-state index in [0.29, 0.717) is 12.1 Å². The molecule has 120 valence electrons. The van der Waals surface area contributed by atoms with Crippen molar-refractivity contribution in [2.45, 2.75) is 12.6 Å². The predicted molar refractivity (Wildman–Crippen MR) is 68.3 cm³/mol. The number of aliphatic hydroxyl groups is 1. The van der Waals surface area contributed by atoms with Crippen molar-refractivity contribution in [2.24, 2.45) is 0 Å². The summed E-state index contributed by atoms with van der Waals surface area (Å²) in [5.74, 6) is -1.49. The first-order chi connectivity index (χ1) is 9.58. The Labute approximate surface area is 119 Å². The molecule has 0 spiro atoms. The molecule has 0 heterocycles. The Kier molecular flexibility index (Phi) is 5.54. The van der Waals surface area contributed by atoms with Gasteiger partial charge in [-0.3, -0.25) is 4.72 Å². The lowest BCUT2D eigenvalue weighted by molar-refractivity contribution is -0.139. The SMILES string of the molecule is CN(CCCO)S(=O)(=O)Nc1ccc(F)c(C(F)(F)F)c1. The van der Waals surface area contributed by atoms with Gasteiger partial charge in [0.15, 0.2) is 0 Å². The molecule has 0 radical (unpaired) electrons. The molecule has 0 aromatic heterocycles. The van der Waals surface area contributed by atoms with E-state index < -0.39 is 33.5 Å². The molecule has 10 heteroatoms. The third kappa shape index (κ3) is 4.83. The number of nitrogens with one attached hydrogen (secondary N) is 1. The van der Waals surface area contributed by atoms with Crippen molar-refractivity contribution < 1.29 is 31.1 Å². The summed E-state index contributed by atoms with van der Waals surface area (Å²) in [5, 5.41) is 8.62. The van der Waals surface area contributed by atoms with Gasteiger partial charge < -0.3 is 5.11 Å². The van der Waals surface area contributed by atoms with Crippen LogP contribution in [0.4, 0.5) is 23.2 Å². The van der Waals surface area contributed by atoms with E-state index in [-0.39, 0.29) is 19.6 Å². The maximum absolute atomic E-state index is 13.1. The molecule has 1 rings (SSSR count).